The number of nitrogens with one attached hydrogen (secondary N) is 1. The Morgan fingerprint density at radius 2 is 2.44 bits per heavy atom. The van der Waals surface area contributed by atoms with E-state index in [2.05, 4.69) is 15.7 Å². The van der Waals surface area contributed by atoms with Crippen LogP contribution in [0.4, 0.5) is 0 Å². The number of aromatic nitrogens is 1. The average molecular weight is 242 g/mol. The second-order valence-electron chi connectivity index (χ2n) is 4.37. The van der Waals surface area contributed by atoms with Crippen LogP contribution in [-0.2, 0) is 15.1 Å². The molecule has 1 fully saturated rings. The number of methoxy groups -OCH3 is 1. The Morgan fingerprint density at radius 3 is 3.06 bits per heavy atom. The lowest BCUT2D eigenvalue weighted by Gasteiger charge is -2.23. The maximum absolute atomic E-state index is 5.43. The van der Waals surface area contributed by atoms with Gasteiger partial charge in [0.2, 0.25) is 0 Å². The lowest BCUT2D eigenvalue weighted by molar-refractivity contribution is 0.0185. The Balaban J connectivity index is 2.12. The summed E-state index contributed by atoms with van der Waals surface area (Å²) in [5, 5.41) is 6.49. The summed E-state index contributed by atoms with van der Waals surface area (Å²) in [6.45, 7) is 6.44. The van der Waals surface area contributed by atoms with Gasteiger partial charge >= 0.3 is 0 Å². The van der Waals surface area contributed by atoms with Gasteiger partial charge < -0.3 is 14.8 Å². The second-order valence-corrected chi connectivity index (χ2v) is 5.23. The molecule has 0 amide bonds. The molecule has 0 spiro atoms. The number of thiazole rings is 1. The number of morpholine rings is 1. The van der Waals surface area contributed by atoms with Crippen LogP contribution in [0.25, 0.3) is 0 Å². The summed E-state index contributed by atoms with van der Waals surface area (Å²) in [5.41, 5.74) is 0.753. The van der Waals surface area contributed by atoms with Crippen molar-refractivity contribution >= 4 is 11.3 Å². The van der Waals surface area contributed by atoms with Gasteiger partial charge in [-0.2, -0.15) is 0 Å². The van der Waals surface area contributed by atoms with Gasteiger partial charge in [-0.3, -0.25) is 0 Å². The highest BCUT2D eigenvalue weighted by atomic mass is 32.1. The van der Waals surface area contributed by atoms with Crippen LogP contribution < -0.4 is 5.32 Å². The van der Waals surface area contributed by atoms with Gasteiger partial charge in [-0.1, -0.05) is 0 Å². The molecule has 2 rings (SSSR count). The summed E-state index contributed by atoms with van der Waals surface area (Å²) >= 11 is 1.64. The SMILES string of the molecule is COC(C)(C)c1nc(C2COCCN2)cs1. The highest BCUT2D eigenvalue weighted by molar-refractivity contribution is 7.09. The first-order chi connectivity index (χ1) is 7.63. The van der Waals surface area contributed by atoms with Crippen LogP contribution in [0.15, 0.2) is 5.38 Å². The summed E-state index contributed by atoms with van der Waals surface area (Å²) in [7, 11) is 1.71. The number of rotatable bonds is 3. The second kappa shape index (κ2) is 4.79. The third kappa shape index (κ3) is 2.43. The molecule has 0 aromatic carbocycles. The van der Waals surface area contributed by atoms with Gasteiger partial charge in [-0.25, -0.2) is 4.98 Å². The fraction of sp³-hybridized carbons (Fsp3) is 0.727. The number of nitrogens with zero attached hydrogens (tertiary/aromatic N) is 1. The van der Waals surface area contributed by atoms with Gasteiger partial charge in [0.25, 0.3) is 0 Å². The predicted octanol–water partition coefficient (Wildman–Crippen LogP) is 1.69. The van der Waals surface area contributed by atoms with E-state index in [0.29, 0.717) is 6.61 Å². The van der Waals surface area contributed by atoms with E-state index in [9.17, 15) is 0 Å². The minimum absolute atomic E-state index is 0.228. The molecule has 1 aliphatic heterocycles. The number of ether oxygens (including phenoxy) is 2. The first kappa shape index (κ1) is 12.0. The van der Waals surface area contributed by atoms with Gasteiger partial charge in [0.1, 0.15) is 10.6 Å². The molecule has 1 aromatic heterocycles. The Kier molecular flexibility index (Phi) is 3.59. The van der Waals surface area contributed by atoms with Gasteiger partial charge in [0.05, 0.1) is 24.9 Å². The van der Waals surface area contributed by atoms with Crippen molar-refractivity contribution in [1.82, 2.24) is 10.3 Å². The first-order valence-corrected chi connectivity index (χ1v) is 6.33. The number of hydrogen-bond acceptors (Lipinski definition) is 5. The summed E-state index contributed by atoms with van der Waals surface area (Å²) in [6.07, 6.45) is 0. The molecule has 0 radical (unpaired) electrons. The number of hydrogen-bond donors (Lipinski definition) is 1. The topological polar surface area (TPSA) is 43.4 Å². The standard InChI is InChI=1S/C11H18N2O2S/c1-11(2,14-3)10-13-9(7-16-10)8-6-15-5-4-12-8/h7-8,12H,4-6H2,1-3H3. The fourth-order valence-electron chi connectivity index (χ4n) is 1.57. The van der Waals surface area contributed by atoms with Crippen molar-refractivity contribution in [3.8, 4) is 0 Å². The minimum Gasteiger partial charge on any atom is -0.378 e. The van der Waals surface area contributed by atoms with Crippen LogP contribution >= 0.6 is 11.3 Å². The van der Waals surface area contributed by atoms with Crippen molar-refractivity contribution in [3.05, 3.63) is 16.1 Å². The molecule has 2 heterocycles. The van der Waals surface area contributed by atoms with Crippen LogP contribution in [-0.4, -0.2) is 31.9 Å². The molecule has 4 nitrogen and oxygen atoms in total. The molecule has 0 saturated carbocycles. The van der Waals surface area contributed by atoms with Gasteiger partial charge in [0, 0.05) is 19.0 Å². The first-order valence-electron chi connectivity index (χ1n) is 5.45. The van der Waals surface area contributed by atoms with Gasteiger partial charge in [0.15, 0.2) is 0 Å². The monoisotopic (exact) mass is 242 g/mol. The van der Waals surface area contributed by atoms with Gasteiger partial charge in [-0.15, -0.1) is 11.3 Å². The van der Waals surface area contributed by atoms with E-state index in [1.54, 1.807) is 18.4 Å². The van der Waals surface area contributed by atoms with E-state index >= 15 is 0 Å². The van der Waals surface area contributed by atoms with E-state index in [4.69, 9.17) is 9.47 Å². The van der Waals surface area contributed by atoms with Crippen LogP contribution in [0, 0.1) is 0 Å². The summed E-state index contributed by atoms with van der Waals surface area (Å²) < 4.78 is 10.8. The molecule has 0 bridgehead atoms. The molecular formula is C11H18N2O2S. The van der Waals surface area contributed by atoms with E-state index in [-0.39, 0.29) is 11.6 Å². The maximum atomic E-state index is 5.43. The maximum Gasteiger partial charge on any atom is 0.124 e. The normalized spacial score (nSPS) is 22.3. The largest absolute Gasteiger partial charge is 0.378 e. The van der Waals surface area contributed by atoms with Crippen molar-refractivity contribution in [1.29, 1.82) is 0 Å². The highest BCUT2D eigenvalue weighted by Gasteiger charge is 2.26. The van der Waals surface area contributed by atoms with Crippen molar-refractivity contribution in [3.63, 3.8) is 0 Å². The van der Waals surface area contributed by atoms with E-state index < -0.39 is 0 Å². The minimum atomic E-state index is -0.307. The molecule has 16 heavy (non-hydrogen) atoms. The zero-order valence-electron chi connectivity index (χ0n) is 9.95. The van der Waals surface area contributed by atoms with E-state index in [1.807, 2.05) is 13.8 Å². The van der Waals surface area contributed by atoms with Crippen LogP contribution in [0.5, 0.6) is 0 Å². The van der Waals surface area contributed by atoms with E-state index in [1.165, 1.54) is 0 Å². The lowest BCUT2D eigenvalue weighted by Crippen LogP contribution is -2.34. The Labute approximate surface area is 100.0 Å². The van der Waals surface area contributed by atoms with Crippen LogP contribution in [0.1, 0.15) is 30.6 Å². The van der Waals surface area contributed by atoms with E-state index in [0.717, 1.165) is 23.9 Å². The average Bonchev–Trinajstić information content (AvgIpc) is 2.80. The van der Waals surface area contributed by atoms with Gasteiger partial charge in [-0.05, 0) is 13.8 Å². The molecule has 1 N–H and O–H groups in total. The summed E-state index contributed by atoms with van der Waals surface area (Å²) in [5.74, 6) is 0. The lowest BCUT2D eigenvalue weighted by atomic mass is 10.1. The molecule has 5 heteroatoms. The smallest absolute Gasteiger partial charge is 0.124 e. The summed E-state index contributed by atoms with van der Waals surface area (Å²) in [6, 6.07) is 0.228. The zero-order valence-corrected chi connectivity index (χ0v) is 10.8. The molecule has 1 saturated heterocycles. The molecule has 0 aliphatic carbocycles. The van der Waals surface area contributed by atoms with Crippen molar-refractivity contribution in [2.45, 2.75) is 25.5 Å². The predicted molar refractivity (Wildman–Crippen MR) is 63.7 cm³/mol. The third-order valence-corrected chi connectivity index (χ3v) is 3.99. The Bertz CT molecular complexity index is 346. The van der Waals surface area contributed by atoms with Crippen molar-refractivity contribution in [2.75, 3.05) is 26.9 Å². The van der Waals surface area contributed by atoms with Crippen LogP contribution in [0.2, 0.25) is 0 Å². The quantitative estimate of drug-likeness (QED) is 0.876. The van der Waals surface area contributed by atoms with Crippen molar-refractivity contribution < 1.29 is 9.47 Å². The highest BCUT2D eigenvalue weighted by Crippen LogP contribution is 2.29. The third-order valence-electron chi connectivity index (χ3n) is 2.83. The molecule has 90 valence electrons. The van der Waals surface area contributed by atoms with Crippen molar-refractivity contribution in [2.24, 2.45) is 0 Å². The molecule has 1 atom stereocenters. The Morgan fingerprint density at radius 1 is 1.62 bits per heavy atom. The molecule has 1 aromatic rings. The summed E-state index contributed by atoms with van der Waals surface area (Å²) in [4.78, 5) is 4.63. The zero-order chi connectivity index (χ0) is 11.6. The molecule has 1 unspecified atom stereocenters. The molecular weight excluding hydrogens is 224 g/mol. The fourth-order valence-corrected chi connectivity index (χ4v) is 2.54. The Hall–Kier alpha value is -0.490. The molecule has 1 aliphatic rings. The van der Waals surface area contributed by atoms with Crippen LogP contribution in [0.3, 0.4) is 0 Å².